The topological polar surface area (TPSA) is 59.0 Å². The van der Waals surface area contributed by atoms with Gasteiger partial charge in [-0.1, -0.05) is 6.07 Å². The van der Waals surface area contributed by atoms with Crippen molar-refractivity contribution in [3.8, 4) is 10.4 Å². The molecule has 1 saturated carbocycles. The number of thiophene rings is 1. The lowest BCUT2D eigenvalue weighted by molar-refractivity contribution is 0.231. The standard InChI is InChI=1S/C14H16N4OS/c19-14(17-12-5-9-4-11(12)15-6-9)18-8-10(7-16-18)13-2-1-3-20-13/h1-3,7-9,11-12,15H,4-6H2,(H,17,19). The van der Waals surface area contributed by atoms with E-state index in [0.717, 1.165) is 29.3 Å². The molecular weight excluding hydrogens is 272 g/mol. The van der Waals surface area contributed by atoms with Crippen molar-refractivity contribution in [2.75, 3.05) is 6.54 Å². The molecule has 0 spiro atoms. The van der Waals surface area contributed by atoms with Gasteiger partial charge in [-0.15, -0.1) is 11.3 Å². The van der Waals surface area contributed by atoms with Crippen LogP contribution in [0.5, 0.6) is 0 Å². The zero-order valence-corrected chi connectivity index (χ0v) is 11.8. The van der Waals surface area contributed by atoms with Crippen molar-refractivity contribution in [1.29, 1.82) is 0 Å². The molecule has 2 aliphatic rings. The molecule has 0 aromatic carbocycles. The van der Waals surface area contributed by atoms with E-state index < -0.39 is 0 Å². The van der Waals surface area contributed by atoms with Crippen LogP contribution in [0.25, 0.3) is 10.4 Å². The van der Waals surface area contributed by atoms with Crippen LogP contribution in [0, 0.1) is 5.92 Å². The van der Waals surface area contributed by atoms with E-state index in [2.05, 4.69) is 15.7 Å². The number of hydrogen-bond donors (Lipinski definition) is 2. The van der Waals surface area contributed by atoms with Crippen molar-refractivity contribution in [3.63, 3.8) is 0 Å². The van der Waals surface area contributed by atoms with Crippen LogP contribution in [-0.4, -0.2) is 34.4 Å². The largest absolute Gasteiger partial charge is 0.342 e. The van der Waals surface area contributed by atoms with Gasteiger partial charge < -0.3 is 10.6 Å². The summed E-state index contributed by atoms with van der Waals surface area (Å²) in [7, 11) is 0. The molecule has 6 heteroatoms. The molecule has 3 unspecified atom stereocenters. The Morgan fingerprint density at radius 3 is 3.15 bits per heavy atom. The van der Waals surface area contributed by atoms with E-state index in [1.165, 1.54) is 11.1 Å². The maximum atomic E-state index is 12.2. The van der Waals surface area contributed by atoms with Gasteiger partial charge in [-0.05, 0) is 36.8 Å². The summed E-state index contributed by atoms with van der Waals surface area (Å²) in [5.74, 6) is 0.726. The predicted molar refractivity (Wildman–Crippen MR) is 77.8 cm³/mol. The summed E-state index contributed by atoms with van der Waals surface area (Å²) in [6, 6.07) is 4.58. The fraction of sp³-hybridized carbons (Fsp3) is 0.429. The molecule has 1 saturated heterocycles. The molecule has 2 aromatic heterocycles. The SMILES string of the molecule is O=C(NC1CC2CNC1C2)n1cc(-c2cccs2)cn1. The Labute approximate surface area is 121 Å². The third-order valence-corrected chi connectivity index (χ3v) is 5.15. The third kappa shape index (κ3) is 2.05. The summed E-state index contributed by atoms with van der Waals surface area (Å²) in [6.45, 7) is 1.10. The second kappa shape index (κ2) is 4.71. The zero-order valence-electron chi connectivity index (χ0n) is 11.0. The van der Waals surface area contributed by atoms with Crippen molar-refractivity contribution < 1.29 is 4.79 Å². The van der Waals surface area contributed by atoms with Crippen LogP contribution in [0.15, 0.2) is 29.9 Å². The summed E-state index contributed by atoms with van der Waals surface area (Å²) in [5.41, 5.74) is 0.987. The number of piperidine rings is 1. The number of nitrogens with one attached hydrogen (secondary N) is 2. The smallest absolute Gasteiger partial charge is 0.332 e. The van der Waals surface area contributed by atoms with Crippen LogP contribution in [0.1, 0.15) is 12.8 Å². The minimum Gasteiger partial charge on any atom is -0.332 e. The first kappa shape index (κ1) is 12.1. The van der Waals surface area contributed by atoms with Gasteiger partial charge in [-0.3, -0.25) is 0 Å². The van der Waals surface area contributed by atoms with E-state index in [1.54, 1.807) is 23.7 Å². The van der Waals surface area contributed by atoms with Crippen LogP contribution in [0.3, 0.4) is 0 Å². The Kier molecular flexibility index (Phi) is 2.85. The first-order valence-corrected chi connectivity index (χ1v) is 7.80. The maximum absolute atomic E-state index is 12.2. The van der Waals surface area contributed by atoms with Gasteiger partial charge in [-0.25, -0.2) is 4.79 Å². The van der Waals surface area contributed by atoms with Crippen LogP contribution >= 0.6 is 11.3 Å². The lowest BCUT2D eigenvalue weighted by Gasteiger charge is -2.23. The minimum atomic E-state index is -0.132. The number of rotatable bonds is 2. The predicted octanol–water partition coefficient (Wildman–Crippen LogP) is 1.92. The van der Waals surface area contributed by atoms with E-state index in [4.69, 9.17) is 0 Å². The fourth-order valence-electron chi connectivity index (χ4n) is 3.24. The second-order valence-electron chi connectivity index (χ2n) is 5.56. The Morgan fingerprint density at radius 1 is 1.50 bits per heavy atom. The molecule has 3 atom stereocenters. The fourth-order valence-corrected chi connectivity index (χ4v) is 3.94. The molecule has 104 valence electrons. The molecule has 3 heterocycles. The molecule has 2 aromatic rings. The van der Waals surface area contributed by atoms with E-state index in [-0.39, 0.29) is 12.1 Å². The quantitative estimate of drug-likeness (QED) is 0.887. The number of fused-ring (bicyclic) bond motifs is 2. The van der Waals surface area contributed by atoms with Gasteiger partial charge in [0, 0.05) is 28.7 Å². The molecule has 2 bridgehead atoms. The Bertz CT molecular complexity index is 621. The summed E-state index contributed by atoms with van der Waals surface area (Å²) < 4.78 is 1.40. The van der Waals surface area contributed by atoms with Crippen molar-refractivity contribution in [1.82, 2.24) is 20.4 Å². The molecule has 5 nitrogen and oxygen atoms in total. The number of aromatic nitrogens is 2. The van der Waals surface area contributed by atoms with Crippen molar-refractivity contribution >= 4 is 17.4 Å². The highest BCUT2D eigenvalue weighted by atomic mass is 32.1. The zero-order chi connectivity index (χ0) is 13.5. The monoisotopic (exact) mass is 288 g/mol. The van der Waals surface area contributed by atoms with E-state index in [1.807, 2.05) is 17.5 Å². The Balaban J connectivity index is 1.46. The van der Waals surface area contributed by atoms with Crippen LogP contribution in [-0.2, 0) is 0 Å². The Hall–Kier alpha value is -1.66. The van der Waals surface area contributed by atoms with E-state index in [9.17, 15) is 4.79 Å². The molecule has 1 aliphatic heterocycles. The van der Waals surface area contributed by atoms with Crippen LogP contribution in [0.4, 0.5) is 4.79 Å². The molecule has 1 amide bonds. The number of carbonyl (C=O) groups is 1. The van der Waals surface area contributed by atoms with Gasteiger partial charge in [-0.2, -0.15) is 9.78 Å². The number of nitrogens with zero attached hydrogens (tertiary/aromatic N) is 2. The molecule has 0 radical (unpaired) electrons. The van der Waals surface area contributed by atoms with Crippen molar-refractivity contribution in [2.45, 2.75) is 24.9 Å². The lowest BCUT2D eigenvalue weighted by Crippen LogP contribution is -2.49. The maximum Gasteiger partial charge on any atom is 0.342 e. The molecule has 1 aliphatic carbocycles. The van der Waals surface area contributed by atoms with Crippen LogP contribution in [0.2, 0.25) is 0 Å². The number of carbonyl (C=O) groups excluding carboxylic acids is 1. The van der Waals surface area contributed by atoms with Crippen LogP contribution < -0.4 is 10.6 Å². The van der Waals surface area contributed by atoms with Crippen molar-refractivity contribution in [2.24, 2.45) is 5.92 Å². The number of amides is 1. The molecule has 4 rings (SSSR count). The minimum absolute atomic E-state index is 0.132. The van der Waals surface area contributed by atoms with Gasteiger partial charge in [0.2, 0.25) is 0 Å². The van der Waals surface area contributed by atoms with Gasteiger partial charge in [0.15, 0.2) is 0 Å². The summed E-state index contributed by atoms with van der Waals surface area (Å²) in [4.78, 5) is 13.4. The average molecular weight is 288 g/mol. The van der Waals surface area contributed by atoms with Gasteiger partial charge in [0.1, 0.15) is 0 Å². The first-order chi connectivity index (χ1) is 9.79. The molecular formula is C14H16N4OS. The highest BCUT2D eigenvalue weighted by molar-refractivity contribution is 7.13. The Morgan fingerprint density at radius 2 is 2.45 bits per heavy atom. The lowest BCUT2D eigenvalue weighted by atomic mass is 10.1. The first-order valence-electron chi connectivity index (χ1n) is 6.92. The number of hydrogen-bond acceptors (Lipinski definition) is 4. The highest BCUT2D eigenvalue weighted by Crippen LogP contribution is 2.31. The molecule has 2 fully saturated rings. The van der Waals surface area contributed by atoms with E-state index >= 15 is 0 Å². The second-order valence-corrected chi connectivity index (χ2v) is 6.51. The van der Waals surface area contributed by atoms with E-state index in [0.29, 0.717) is 6.04 Å². The summed E-state index contributed by atoms with van der Waals surface area (Å²) >= 11 is 1.65. The third-order valence-electron chi connectivity index (χ3n) is 4.23. The van der Waals surface area contributed by atoms with Gasteiger partial charge >= 0.3 is 6.03 Å². The molecule has 20 heavy (non-hydrogen) atoms. The highest BCUT2D eigenvalue weighted by Gasteiger charge is 2.40. The van der Waals surface area contributed by atoms with Crippen molar-refractivity contribution in [3.05, 3.63) is 29.9 Å². The van der Waals surface area contributed by atoms with Gasteiger partial charge in [0.25, 0.3) is 0 Å². The molecule has 2 N–H and O–H groups in total. The average Bonchev–Trinajstić information content (AvgIpc) is 3.21. The summed E-state index contributed by atoms with van der Waals surface area (Å²) in [5, 5.41) is 12.7. The normalized spacial score (nSPS) is 27.9. The van der Waals surface area contributed by atoms with Gasteiger partial charge in [0.05, 0.1) is 6.20 Å². The summed E-state index contributed by atoms with van der Waals surface area (Å²) in [6.07, 6.45) is 5.80.